The summed E-state index contributed by atoms with van der Waals surface area (Å²) in [6.07, 6.45) is 0. The fraction of sp³-hybridized carbons (Fsp3) is 0.200. The van der Waals surface area contributed by atoms with Gasteiger partial charge in [-0.3, -0.25) is 0 Å². The van der Waals surface area contributed by atoms with Crippen molar-refractivity contribution in [3.63, 3.8) is 0 Å². The first-order chi connectivity index (χ1) is 8.56. The van der Waals surface area contributed by atoms with Crippen LogP contribution in [0.3, 0.4) is 0 Å². The molecule has 0 amide bonds. The van der Waals surface area contributed by atoms with E-state index in [9.17, 15) is 0 Å². The molecule has 0 aliphatic heterocycles. The molecule has 0 aliphatic carbocycles. The summed E-state index contributed by atoms with van der Waals surface area (Å²) in [7, 11) is 0. The molecule has 0 unspecified atom stereocenters. The number of hydrogen-bond donors (Lipinski definition) is 1. The van der Waals surface area contributed by atoms with E-state index in [1.165, 1.54) is 11.1 Å². The third-order valence-electron chi connectivity index (χ3n) is 2.84. The van der Waals surface area contributed by atoms with E-state index >= 15 is 0 Å². The van der Waals surface area contributed by atoms with Crippen molar-refractivity contribution in [2.45, 2.75) is 20.5 Å². The minimum atomic E-state index is 0.497. The Balaban J connectivity index is 2.16. The molecule has 0 bridgehead atoms. The molecule has 18 heavy (non-hydrogen) atoms. The van der Waals surface area contributed by atoms with Crippen molar-refractivity contribution in [2.75, 3.05) is 5.73 Å². The molecule has 0 heterocycles. The molecule has 0 fully saturated rings. The van der Waals surface area contributed by atoms with Crippen LogP contribution in [0.25, 0.3) is 0 Å². The molecular weight excluding hydrogens is 246 g/mol. The summed E-state index contributed by atoms with van der Waals surface area (Å²) in [4.78, 5) is 0. The molecule has 3 heteroatoms. The average molecular weight is 262 g/mol. The fourth-order valence-corrected chi connectivity index (χ4v) is 1.91. The van der Waals surface area contributed by atoms with E-state index in [1.54, 1.807) is 18.2 Å². The third-order valence-corrected chi connectivity index (χ3v) is 3.16. The lowest BCUT2D eigenvalue weighted by Crippen LogP contribution is -1.99. The molecule has 2 rings (SSSR count). The van der Waals surface area contributed by atoms with Gasteiger partial charge in [0.15, 0.2) is 0 Å². The number of benzene rings is 2. The highest BCUT2D eigenvalue weighted by Gasteiger charge is 2.04. The van der Waals surface area contributed by atoms with Gasteiger partial charge in [0.05, 0.1) is 5.02 Å². The highest BCUT2D eigenvalue weighted by molar-refractivity contribution is 6.32. The first-order valence-electron chi connectivity index (χ1n) is 5.80. The molecule has 2 aromatic rings. The molecule has 0 spiro atoms. The summed E-state index contributed by atoms with van der Waals surface area (Å²) in [6, 6.07) is 11.5. The first-order valence-corrected chi connectivity index (χ1v) is 6.18. The zero-order valence-corrected chi connectivity index (χ0v) is 11.3. The Hall–Kier alpha value is -1.67. The largest absolute Gasteiger partial charge is 0.487 e. The van der Waals surface area contributed by atoms with E-state index in [1.807, 2.05) is 0 Å². The number of ether oxygens (including phenoxy) is 1. The fourth-order valence-electron chi connectivity index (χ4n) is 1.74. The van der Waals surface area contributed by atoms with E-state index < -0.39 is 0 Å². The Bertz CT molecular complexity index is 515. The molecule has 2 nitrogen and oxygen atoms in total. The summed E-state index contributed by atoms with van der Waals surface area (Å²) < 4.78 is 5.73. The maximum Gasteiger partial charge on any atom is 0.140 e. The number of nitrogens with two attached hydrogens (primary N) is 1. The average Bonchev–Trinajstić information content (AvgIpc) is 2.34. The summed E-state index contributed by atoms with van der Waals surface area (Å²) >= 11 is 6.05. The second-order valence-electron chi connectivity index (χ2n) is 4.41. The zero-order chi connectivity index (χ0) is 13.1. The SMILES string of the molecule is Cc1ccc(C)c(COc2cc(N)ccc2Cl)c1. The Morgan fingerprint density at radius 2 is 1.89 bits per heavy atom. The summed E-state index contributed by atoms with van der Waals surface area (Å²) in [5.74, 6) is 0.623. The van der Waals surface area contributed by atoms with Crippen molar-refractivity contribution in [3.8, 4) is 5.75 Å². The van der Waals surface area contributed by atoms with Crippen molar-refractivity contribution < 1.29 is 4.74 Å². The van der Waals surface area contributed by atoms with Gasteiger partial charge < -0.3 is 10.5 Å². The molecule has 0 atom stereocenters. The number of anilines is 1. The van der Waals surface area contributed by atoms with Gasteiger partial charge in [0.2, 0.25) is 0 Å². The molecule has 2 N–H and O–H groups in total. The predicted molar refractivity (Wildman–Crippen MR) is 76.1 cm³/mol. The minimum Gasteiger partial charge on any atom is -0.487 e. The number of aryl methyl sites for hydroxylation is 2. The highest BCUT2D eigenvalue weighted by Crippen LogP contribution is 2.27. The number of nitrogen functional groups attached to an aromatic ring is 1. The monoisotopic (exact) mass is 261 g/mol. The van der Waals surface area contributed by atoms with Crippen LogP contribution < -0.4 is 10.5 Å². The smallest absolute Gasteiger partial charge is 0.140 e. The standard InChI is InChI=1S/C15H16ClNO/c1-10-3-4-11(2)12(7-10)9-18-15-8-13(17)5-6-14(15)16/h3-8H,9,17H2,1-2H3. The molecule has 0 saturated heterocycles. The number of rotatable bonds is 3. The lowest BCUT2D eigenvalue weighted by Gasteiger charge is -2.11. The van der Waals surface area contributed by atoms with Crippen LogP contribution in [0, 0.1) is 13.8 Å². The van der Waals surface area contributed by atoms with Gasteiger partial charge in [-0.2, -0.15) is 0 Å². The quantitative estimate of drug-likeness (QED) is 0.844. The Morgan fingerprint density at radius 1 is 1.11 bits per heavy atom. The van der Waals surface area contributed by atoms with Crippen LogP contribution in [-0.2, 0) is 6.61 Å². The molecule has 2 aromatic carbocycles. The van der Waals surface area contributed by atoms with Crippen LogP contribution >= 0.6 is 11.6 Å². The molecular formula is C15H16ClNO. The molecule has 0 saturated carbocycles. The van der Waals surface area contributed by atoms with Crippen LogP contribution in [0.2, 0.25) is 5.02 Å². The summed E-state index contributed by atoms with van der Waals surface area (Å²) in [5.41, 5.74) is 9.95. The van der Waals surface area contributed by atoms with Crippen LogP contribution in [0.1, 0.15) is 16.7 Å². The lowest BCUT2D eigenvalue weighted by atomic mass is 10.1. The topological polar surface area (TPSA) is 35.2 Å². The molecule has 0 aromatic heterocycles. The van der Waals surface area contributed by atoms with Gasteiger partial charge in [-0.05, 0) is 37.1 Å². The van der Waals surface area contributed by atoms with Gasteiger partial charge in [0.25, 0.3) is 0 Å². The van der Waals surface area contributed by atoms with Gasteiger partial charge in [-0.25, -0.2) is 0 Å². The Labute approximate surface area is 112 Å². The van der Waals surface area contributed by atoms with E-state index in [0.717, 1.165) is 5.56 Å². The summed E-state index contributed by atoms with van der Waals surface area (Å²) in [6.45, 7) is 4.63. The van der Waals surface area contributed by atoms with Crippen LogP contribution in [0.15, 0.2) is 36.4 Å². The normalized spacial score (nSPS) is 10.4. The van der Waals surface area contributed by atoms with Gasteiger partial charge in [-0.1, -0.05) is 35.4 Å². The van der Waals surface area contributed by atoms with Gasteiger partial charge >= 0.3 is 0 Å². The van der Waals surface area contributed by atoms with E-state index in [2.05, 4.69) is 32.0 Å². The van der Waals surface area contributed by atoms with E-state index in [4.69, 9.17) is 22.1 Å². The Morgan fingerprint density at radius 3 is 2.67 bits per heavy atom. The molecule has 0 radical (unpaired) electrons. The molecule has 0 aliphatic rings. The predicted octanol–water partition coefficient (Wildman–Crippen LogP) is 4.12. The first kappa shape index (κ1) is 12.8. The Kier molecular flexibility index (Phi) is 3.78. The highest BCUT2D eigenvalue weighted by atomic mass is 35.5. The van der Waals surface area contributed by atoms with Gasteiger partial charge in [0, 0.05) is 11.8 Å². The van der Waals surface area contributed by atoms with E-state index in [0.29, 0.717) is 23.1 Å². The second kappa shape index (κ2) is 5.32. The van der Waals surface area contributed by atoms with Crippen LogP contribution in [-0.4, -0.2) is 0 Å². The lowest BCUT2D eigenvalue weighted by molar-refractivity contribution is 0.305. The maximum absolute atomic E-state index is 6.05. The zero-order valence-electron chi connectivity index (χ0n) is 10.5. The van der Waals surface area contributed by atoms with Crippen LogP contribution in [0.5, 0.6) is 5.75 Å². The maximum atomic E-state index is 6.05. The van der Waals surface area contributed by atoms with Crippen LogP contribution in [0.4, 0.5) is 5.69 Å². The number of halogens is 1. The van der Waals surface area contributed by atoms with Gasteiger partial charge in [-0.15, -0.1) is 0 Å². The van der Waals surface area contributed by atoms with Crippen molar-refractivity contribution in [2.24, 2.45) is 0 Å². The second-order valence-corrected chi connectivity index (χ2v) is 4.82. The van der Waals surface area contributed by atoms with Gasteiger partial charge in [0.1, 0.15) is 12.4 Å². The van der Waals surface area contributed by atoms with E-state index in [-0.39, 0.29) is 0 Å². The van der Waals surface area contributed by atoms with Crippen molar-refractivity contribution >= 4 is 17.3 Å². The third kappa shape index (κ3) is 2.96. The van der Waals surface area contributed by atoms with Crippen molar-refractivity contribution in [3.05, 3.63) is 58.1 Å². The minimum absolute atomic E-state index is 0.497. The number of hydrogen-bond acceptors (Lipinski definition) is 2. The summed E-state index contributed by atoms with van der Waals surface area (Å²) in [5, 5.41) is 0.578. The van der Waals surface area contributed by atoms with Crippen molar-refractivity contribution in [1.29, 1.82) is 0 Å². The molecule has 94 valence electrons. The van der Waals surface area contributed by atoms with Crippen molar-refractivity contribution in [1.82, 2.24) is 0 Å².